The molecular weight excluding hydrogens is 352 g/mol. The van der Waals surface area contributed by atoms with Gasteiger partial charge in [0.05, 0.1) is 0 Å². The van der Waals surface area contributed by atoms with Crippen LogP contribution in [0.25, 0.3) is 0 Å². The number of nitrogens with zero attached hydrogens (tertiary/aromatic N) is 2. The Labute approximate surface area is 139 Å². The molecule has 21 heavy (non-hydrogen) atoms. The highest BCUT2D eigenvalue weighted by Gasteiger charge is 2.30. The number of halogens is 2. The molecule has 2 fully saturated rings. The summed E-state index contributed by atoms with van der Waals surface area (Å²) in [6, 6.07) is 6.46. The molecule has 5 heteroatoms. The van der Waals surface area contributed by atoms with E-state index in [0.717, 1.165) is 61.4 Å². The first kappa shape index (κ1) is 15.3. The molecule has 0 radical (unpaired) electrons. The summed E-state index contributed by atoms with van der Waals surface area (Å²) in [5.41, 5.74) is 1.17. The van der Waals surface area contributed by atoms with Gasteiger partial charge in [-0.25, -0.2) is 0 Å². The predicted octanol–water partition coefficient (Wildman–Crippen LogP) is 3.69. The second-order valence-corrected chi connectivity index (χ2v) is 7.26. The van der Waals surface area contributed by atoms with Gasteiger partial charge in [0.25, 0.3) is 0 Å². The van der Waals surface area contributed by atoms with Gasteiger partial charge < -0.3 is 4.90 Å². The van der Waals surface area contributed by atoms with Crippen LogP contribution in [0.2, 0.25) is 5.02 Å². The van der Waals surface area contributed by atoms with Crippen molar-refractivity contribution in [1.82, 2.24) is 9.80 Å². The molecule has 0 spiro atoms. The Morgan fingerprint density at radius 2 is 2.00 bits per heavy atom. The summed E-state index contributed by atoms with van der Waals surface area (Å²) in [5, 5.41) is 0.829. The molecule has 0 bridgehead atoms. The van der Waals surface area contributed by atoms with E-state index in [0.29, 0.717) is 11.9 Å². The van der Waals surface area contributed by atoms with E-state index < -0.39 is 0 Å². The second-order valence-electron chi connectivity index (χ2n) is 5.93. The lowest BCUT2D eigenvalue weighted by molar-refractivity contribution is -0.130. The molecule has 3 rings (SSSR count). The maximum Gasteiger partial charge on any atom is 0.222 e. The molecule has 0 aromatic heterocycles. The molecule has 114 valence electrons. The number of piperidine rings is 1. The molecule has 2 saturated heterocycles. The number of rotatable bonds is 3. The van der Waals surface area contributed by atoms with Crippen LogP contribution < -0.4 is 0 Å². The standard InChI is InChI=1S/C16H20BrClN2O/c17-13-3-4-15(18)12(10-13)11-19-8-5-14(6-9-19)20-7-1-2-16(20)21/h3-4,10,14H,1-2,5-9,11H2. The van der Waals surface area contributed by atoms with Gasteiger partial charge in [-0.1, -0.05) is 27.5 Å². The molecule has 0 saturated carbocycles. The molecule has 0 N–H and O–H groups in total. The highest BCUT2D eigenvalue weighted by Crippen LogP contribution is 2.26. The third-order valence-electron chi connectivity index (χ3n) is 4.51. The largest absolute Gasteiger partial charge is 0.340 e. The number of hydrogen-bond donors (Lipinski definition) is 0. The number of benzene rings is 1. The Bertz CT molecular complexity index is 529. The first-order valence-corrected chi connectivity index (χ1v) is 8.76. The van der Waals surface area contributed by atoms with Crippen molar-refractivity contribution in [3.05, 3.63) is 33.3 Å². The Hall–Kier alpha value is -0.580. The molecule has 0 atom stereocenters. The van der Waals surface area contributed by atoms with Gasteiger partial charge in [-0.15, -0.1) is 0 Å². The van der Waals surface area contributed by atoms with Crippen LogP contribution >= 0.6 is 27.5 Å². The van der Waals surface area contributed by atoms with E-state index in [9.17, 15) is 4.79 Å². The zero-order chi connectivity index (χ0) is 14.8. The Morgan fingerprint density at radius 1 is 1.24 bits per heavy atom. The van der Waals surface area contributed by atoms with Crippen molar-refractivity contribution < 1.29 is 4.79 Å². The molecule has 2 aliphatic heterocycles. The van der Waals surface area contributed by atoms with Gasteiger partial charge in [0, 0.05) is 48.1 Å². The van der Waals surface area contributed by atoms with Gasteiger partial charge in [-0.2, -0.15) is 0 Å². The third-order valence-corrected chi connectivity index (χ3v) is 5.37. The number of likely N-dealkylation sites (tertiary alicyclic amines) is 2. The van der Waals surface area contributed by atoms with Crippen LogP contribution in [0.4, 0.5) is 0 Å². The van der Waals surface area contributed by atoms with Crippen LogP contribution in [0, 0.1) is 0 Å². The zero-order valence-electron chi connectivity index (χ0n) is 12.0. The van der Waals surface area contributed by atoms with E-state index in [1.54, 1.807) is 0 Å². The van der Waals surface area contributed by atoms with E-state index in [1.165, 1.54) is 5.56 Å². The van der Waals surface area contributed by atoms with Crippen LogP contribution in [0.1, 0.15) is 31.2 Å². The average molecular weight is 372 g/mol. The second kappa shape index (κ2) is 6.67. The summed E-state index contributed by atoms with van der Waals surface area (Å²) in [5.74, 6) is 0.350. The third kappa shape index (κ3) is 3.61. The maximum atomic E-state index is 11.8. The van der Waals surface area contributed by atoms with E-state index in [1.807, 2.05) is 12.1 Å². The smallest absolute Gasteiger partial charge is 0.222 e. The lowest BCUT2D eigenvalue weighted by atomic mass is 10.0. The Morgan fingerprint density at radius 3 is 2.67 bits per heavy atom. The van der Waals surface area contributed by atoms with Crippen molar-refractivity contribution in [2.24, 2.45) is 0 Å². The molecule has 2 heterocycles. The van der Waals surface area contributed by atoms with Gasteiger partial charge >= 0.3 is 0 Å². The molecule has 0 unspecified atom stereocenters. The van der Waals surface area contributed by atoms with Crippen molar-refractivity contribution in [2.75, 3.05) is 19.6 Å². The first-order chi connectivity index (χ1) is 10.1. The minimum atomic E-state index is 0.350. The zero-order valence-corrected chi connectivity index (χ0v) is 14.4. The minimum Gasteiger partial charge on any atom is -0.340 e. The number of carbonyl (C=O) groups excluding carboxylic acids is 1. The van der Waals surface area contributed by atoms with Crippen molar-refractivity contribution >= 4 is 33.4 Å². The lowest BCUT2D eigenvalue weighted by Gasteiger charge is -2.36. The van der Waals surface area contributed by atoms with Crippen LogP contribution in [-0.2, 0) is 11.3 Å². The SMILES string of the molecule is O=C1CCCN1C1CCN(Cc2cc(Br)ccc2Cl)CC1. The molecule has 1 aromatic rings. The predicted molar refractivity (Wildman–Crippen MR) is 88.4 cm³/mol. The fraction of sp³-hybridized carbons (Fsp3) is 0.562. The van der Waals surface area contributed by atoms with Gasteiger partial charge in [-0.05, 0) is 43.0 Å². The lowest BCUT2D eigenvalue weighted by Crippen LogP contribution is -2.45. The normalized spacial score (nSPS) is 21.2. The fourth-order valence-corrected chi connectivity index (χ4v) is 3.94. The summed E-state index contributed by atoms with van der Waals surface area (Å²) in [6.07, 6.45) is 3.94. The number of hydrogen-bond acceptors (Lipinski definition) is 2. The van der Waals surface area contributed by atoms with E-state index in [2.05, 4.69) is 31.8 Å². The summed E-state index contributed by atoms with van der Waals surface area (Å²) in [7, 11) is 0. The van der Waals surface area contributed by atoms with E-state index in [-0.39, 0.29) is 0 Å². The monoisotopic (exact) mass is 370 g/mol. The van der Waals surface area contributed by atoms with E-state index >= 15 is 0 Å². The van der Waals surface area contributed by atoms with Gasteiger partial charge in [0.15, 0.2) is 0 Å². The van der Waals surface area contributed by atoms with Gasteiger partial charge in [0.1, 0.15) is 0 Å². The van der Waals surface area contributed by atoms with Crippen molar-refractivity contribution in [2.45, 2.75) is 38.3 Å². The summed E-state index contributed by atoms with van der Waals surface area (Å²) in [4.78, 5) is 16.4. The maximum absolute atomic E-state index is 11.8. The van der Waals surface area contributed by atoms with Crippen LogP contribution in [0.3, 0.4) is 0 Å². The fourth-order valence-electron chi connectivity index (χ4n) is 3.35. The minimum absolute atomic E-state index is 0.350. The van der Waals surface area contributed by atoms with Gasteiger partial charge in [0.2, 0.25) is 5.91 Å². The molecular formula is C16H20BrClN2O. The molecule has 0 aliphatic carbocycles. The molecule has 3 nitrogen and oxygen atoms in total. The topological polar surface area (TPSA) is 23.6 Å². The van der Waals surface area contributed by atoms with Crippen molar-refractivity contribution in [3.63, 3.8) is 0 Å². The average Bonchev–Trinajstić information content (AvgIpc) is 2.90. The highest BCUT2D eigenvalue weighted by atomic mass is 79.9. The van der Waals surface area contributed by atoms with E-state index in [4.69, 9.17) is 11.6 Å². The Kier molecular flexibility index (Phi) is 4.87. The van der Waals surface area contributed by atoms with Gasteiger partial charge in [-0.3, -0.25) is 9.69 Å². The number of amides is 1. The van der Waals surface area contributed by atoms with Crippen molar-refractivity contribution in [3.8, 4) is 0 Å². The molecule has 1 amide bonds. The quantitative estimate of drug-likeness (QED) is 0.809. The summed E-state index contributed by atoms with van der Waals surface area (Å²) in [6.45, 7) is 3.93. The first-order valence-electron chi connectivity index (χ1n) is 7.59. The van der Waals surface area contributed by atoms with Crippen LogP contribution in [0.15, 0.2) is 22.7 Å². The van der Waals surface area contributed by atoms with Crippen molar-refractivity contribution in [1.29, 1.82) is 0 Å². The Balaban J connectivity index is 1.56. The number of carbonyl (C=O) groups is 1. The summed E-state index contributed by atoms with van der Waals surface area (Å²) < 4.78 is 1.07. The highest BCUT2D eigenvalue weighted by molar-refractivity contribution is 9.10. The van der Waals surface area contributed by atoms with Crippen LogP contribution in [-0.4, -0.2) is 41.4 Å². The summed E-state index contributed by atoms with van der Waals surface area (Å²) >= 11 is 9.77. The van der Waals surface area contributed by atoms with Crippen LogP contribution in [0.5, 0.6) is 0 Å². The molecule has 2 aliphatic rings. The molecule has 1 aromatic carbocycles.